The summed E-state index contributed by atoms with van der Waals surface area (Å²) < 4.78 is 25.2. The van der Waals surface area contributed by atoms with Crippen LogP contribution >= 0.6 is 12.4 Å². The third kappa shape index (κ3) is 5.98. The fourth-order valence-electron chi connectivity index (χ4n) is 2.90. The third-order valence-electron chi connectivity index (χ3n) is 4.35. The lowest BCUT2D eigenvalue weighted by molar-refractivity contribution is 0.280. The number of hydrogen-bond acceptors (Lipinski definition) is 3. The minimum atomic E-state index is -0.160. The van der Waals surface area contributed by atoms with Crippen LogP contribution in [0, 0.1) is 5.82 Å². The van der Waals surface area contributed by atoms with Gasteiger partial charge in [0.1, 0.15) is 12.4 Å². The van der Waals surface area contributed by atoms with Gasteiger partial charge in [-0.15, -0.1) is 12.4 Å². The zero-order chi connectivity index (χ0) is 18.9. The van der Waals surface area contributed by atoms with E-state index in [0.29, 0.717) is 31.9 Å². The van der Waals surface area contributed by atoms with Crippen molar-refractivity contribution in [2.45, 2.75) is 19.6 Å². The van der Waals surface area contributed by atoms with Crippen LogP contribution in [0.1, 0.15) is 16.7 Å². The average molecular weight is 402 g/mol. The van der Waals surface area contributed by atoms with Crippen LogP contribution in [0.4, 0.5) is 4.39 Å². The zero-order valence-corrected chi connectivity index (χ0v) is 16.7. The van der Waals surface area contributed by atoms with Gasteiger partial charge in [-0.1, -0.05) is 60.7 Å². The molecule has 5 heteroatoms. The van der Waals surface area contributed by atoms with E-state index in [2.05, 4.69) is 5.32 Å². The fourth-order valence-corrected chi connectivity index (χ4v) is 2.90. The van der Waals surface area contributed by atoms with E-state index >= 15 is 0 Å². The molecule has 0 amide bonds. The number of rotatable bonds is 9. The van der Waals surface area contributed by atoms with Crippen molar-refractivity contribution in [1.82, 2.24) is 5.32 Å². The number of benzene rings is 3. The number of methoxy groups -OCH3 is 1. The van der Waals surface area contributed by atoms with Crippen molar-refractivity contribution in [3.8, 4) is 11.5 Å². The molecule has 0 atom stereocenters. The number of halogens is 2. The van der Waals surface area contributed by atoms with Crippen LogP contribution in [0.25, 0.3) is 0 Å². The molecule has 0 heterocycles. The molecule has 0 saturated heterocycles. The molecular formula is C23H25ClFNO2. The summed E-state index contributed by atoms with van der Waals surface area (Å²) in [5.41, 5.74) is 2.83. The topological polar surface area (TPSA) is 30.5 Å². The predicted octanol–water partition coefficient (Wildman–Crippen LogP) is 5.17. The molecule has 0 fully saturated rings. The molecule has 3 nitrogen and oxygen atoms in total. The lowest BCUT2D eigenvalue weighted by Crippen LogP contribution is -2.18. The molecule has 3 aromatic rings. The molecule has 148 valence electrons. The van der Waals surface area contributed by atoms with Gasteiger partial charge in [-0.25, -0.2) is 4.39 Å². The predicted molar refractivity (Wildman–Crippen MR) is 113 cm³/mol. The van der Waals surface area contributed by atoms with E-state index in [0.717, 1.165) is 22.4 Å². The average Bonchev–Trinajstić information content (AvgIpc) is 2.71. The van der Waals surface area contributed by atoms with E-state index in [1.54, 1.807) is 13.2 Å². The molecule has 1 N–H and O–H groups in total. The molecular weight excluding hydrogens is 377 g/mol. The quantitative estimate of drug-likeness (QED) is 0.502. The van der Waals surface area contributed by atoms with Gasteiger partial charge < -0.3 is 14.8 Å². The van der Waals surface area contributed by atoms with Gasteiger partial charge in [0.05, 0.1) is 7.11 Å². The Morgan fingerprint density at radius 1 is 0.857 bits per heavy atom. The lowest BCUT2D eigenvalue weighted by atomic mass is 10.1. The van der Waals surface area contributed by atoms with Crippen molar-refractivity contribution >= 4 is 12.4 Å². The molecule has 0 radical (unpaired) electrons. The summed E-state index contributed by atoms with van der Waals surface area (Å²) in [6.45, 7) is 1.77. The van der Waals surface area contributed by atoms with Crippen molar-refractivity contribution in [1.29, 1.82) is 0 Å². The molecule has 3 rings (SSSR count). The summed E-state index contributed by atoms with van der Waals surface area (Å²) in [4.78, 5) is 0. The summed E-state index contributed by atoms with van der Waals surface area (Å²) in [7, 11) is 1.64. The van der Waals surface area contributed by atoms with Crippen LogP contribution in [-0.2, 0) is 19.6 Å². The Morgan fingerprint density at radius 2 is 1.57 bits per heavy atom. The van der Waals surface area contributed by atoms with Crippen molar-refractivity contribution in [2.24, 2.45) is 0 Å². The van der Waals surface area contributed by atoms with Gasteiger partial charge in [0.15, 0.2) is 11.5 Å². The molecule has 0 aliphatic heterocycles. The number of nitrogens with one attached hydrogen (secondary N) is 1. The molecule has 0 spiro atoms. The van der Waals surface area contributed by atoms with Crippen molar-refractivity contribution < 1.29 is 13.9 Å². The molecule has 0 bridgehead atoms. The van der Waals surface area contributed by atoms with E-state index < -0.39 is 0 Å². The number of para-hydroxylation sites is 1. The Labute approximate surface area is 171 Å². The Bertz CT molecular complexity index is 858. The van der Waals surface area contributed by atoms with E-state index in [9.17, 15) is 4.39 Å². The van der Waals surface area contributed by atoms with Gasteiger partial charge in [0, 0.05) is 12.1 Å². The summed E-state index contributed by atoms with van der Waals surface area (Å²) in [5, 5.41) is 3.37. The SMILES string of the molecule is COc1cccc(CNCCc2ccccc2F)c1OCc1ccccc1.Cl. The second kappa shape index (κ2) is 11.3. The maximum atomic E-state index is 13.7. The molecule has 28 heavy (non-hydrogen) atoms. The summed E-state index contributed by atoms with van der Waals surface area (Å²) in [6.07, 6.45) is 0.636. The maximum Gasteiger partial charge on any atom is 0.166 e. The van der Waals surface area contributed by atoms with Crippen LogP contribution in [0.15, 0.2) is 72.8 Å². The van der Waals surface area contributed by atoms with Gasteiger partial charge in [-0.3, -0.25) is 0 Å². The Balaban J connectivity index is 0.00000280. The van der Waals surface area contributed by atoms with E-state index in [1.807, 2.05) is 60.7 Å². The van der Waals surface area contributed by atoms with Gasteiger partial charge >= 0.3 is 0 Å². The van der Waals surface area contributed by atoms with E-state index in [4.69, 9.17) is 9.47 Å². The Kier molecular flexibility index (Phi) is 8.79. The summed E-state index contributed by atoms with van der Waals surface area (Å²) in [6, 6.07) is 22.8. The first-order valence-corrected chi connectivity index (χ1v) is 9.04. The molecule has 0 unspecified atom stereocenters. The first-order valence-electron chi connectivity index (χ1n) is 9.04. The van der Waals surface area contributed by atoms with Gasteiger partial charge in [-0.2, -0.15) is 0 Å². The molecule has 3 aromatic carbocycles. The second-order valence-electron chi connectivity index (χ2n) is 6.24. The highest BCUT2D eigenvalue weighted by molar-refractivity contribution is 5.85. The first-order chi connectivity index (χ1) is 13.3. The Hall–Kier alpha value is -2.56. The third-order valence-corrected chi connectivity index (χ3v) is 4.35. The standard InChI is InChI=1S/C23H24FNO2.ClH/c1-26-22-13-7-11-20(23(22)27-17-18-8-3-2-4-9-18)16-25-15-14-19-10-5-6-12-21(19)24;/h2-13,25H,14-17H2,1H3;1H. The van der Waals surface area contributed by atoms with Crippen molar-refractivity contribution in [3.63, 3.8) is 0 Å². The van der Waals surface area contributed by atoms with E-state index in [-0.39, 0.29) is 18.2 Å². The molecule has 0 aromatic heterocycles. The van der Waals surface area contributed by atoms with Crippen LogP contribution in [-0.4, -0.2) is 13.7 Å². The monoisotopic (exact) mass is 401 g/mol. The highest BCUT2D eigenvalue weighted by Crippen LogP contribution is 2.31. The summed E-state index contributed by atoms with van der Waals surface area (Å²) in [5.74, 6) is 1.29. The van der Waals surface area contributed by atoms with Crippen LogP contribution in [0.3, 0.4) is 0 Å². The number of hydrogen-bond donors (Lipinski definition) is 1. The highest BCUT2D eigenvalue weighted by Gasteiger charge is 2.11. The highest BCUT2D eigenvalue weighted by atomic mass is 35.5. The van der Waals surface area contributed by atoms with Gasteiger partial charge in [0.25, 0.3) is 0 Å². The van der Waals surface area contributed by atoms with Crippen molar-refractivity contribution in [3.05, 3.63) is 95.3 Å². The zero-order valence-electron chi connectivity index (χ0n) is 15.9. The normalized spacial score (nSPS) is 10.2. The van der Waals surface area contributed by atoms with Crippen LogP contribution < -0.4 is 14.8 Å². The number of ether oxygens (including phenoxy) is 2. The minimum Gasteiger partial charge on any atom is -0.493 e. The molecule has 0 saturated carbocycles. The first kappa shape index (κ1) is 21.7. The van der Waals surface area contributed by atoms with Crippen molar-refractivity contribution in [2.75, 3.05) is 13.7 Å². The summed E-state index contributed by atoms with van der Waals surface area (Å²) >= 11 is 0. The van der Waals surface area contributed by atoms with Crippen LogP contribution in [0.5, 0.6) is 11.5 Å². The second-order valence-corrected chi connectivity index (χ2v) is 6.24. The maximum absolute atomic E-state index is 13.7. The van der Waals surface area contributed by atoms with Gasteiger partial charge in [0.2, 0.25) is 0 Å². The van der Waals surface area contributed by atoms with Gasteiger partial charge in [-0.05, 0) is 36.2 Å². The minimum absolute atomic E-state index is 0. The van der Waals surface area contributed by atoms with Crippen LogP contribution in [0.2, 0.25) is 0 Å². The lowest BCUT2D eigenvalue weighted by Gasteiger charge is -2.16. The molecule has 0 aliphatic carbocycles. The largest absolute Gasteiger partial charge is 0.493 e. The molecule has 0 aliphatic rings. The van der Waals surface area contributed by atoms with E-state index in [1.165, 1.54) is 6.07 Å². The Morgan fingerprint density at radius 3 is 2.32 bits per heavy atom. The smallest absolute Gasteiger partial charge is 0.166 e. The fraction of sp³-hybridized carbons (Fsp3) is 0.217.